The van der Waals surface area contributed by atoms with E-state index in [2.05, 4.69) is 4.98 Å². The van der Waals surface area contributed by atoms with E-state index in [1.165, 1.54) is 0 Å². The molecule has 0 bridgehead atoms. The molecule has 0 radical (unpaired) electrons. The molecule has 6 heteroatoms. The predicted molar refractivity (Wildman–Crippen MR) is 103 cm³/mol. The molecule has 1 aliphatic carbocycles. The van der Waals surface area contributed by atoms with E-state index in [1.807, 2.05) is 23.1 Å². The molecule has 1 saturated heterocycles. The number of ether oxygens (including phenoxy) is 2. The summed E-state index contributed by atoms with van der Waals surface area (Å²) in [6, 6.07) is 12.7. The largest absolute Gasteiger partial charge is 0.474 e. The Kier molecular flexibility index (Phi) is 5.06. The Bertz CT molecular complexity index is 799. The van der Waals surface area contributed by atoms with Gasteiger partial charge >= 0.3 is 0 Å². The quantitative estimate of drug-likeness (QED) is 0.797. The third-order valence-corrected chi connectivity index (χ3v) is 6.07. The van der Waals surface area contributed by atoms with E-state index in [-0.39, 0.29) is 23.7 Å². The highest BCUT2D eigenvalue weighted by atomic mass is 35.5. The number of hydrogen-bond acceptors (Lipinski definition) is 4. The number of halogens is 1. The van der Waals surface area contributed by atoms with Crippen molar-refractivity contribution in [2.75, 3.05) is 13.7 Å². The molecule has 5 nitrogen and oxygen atoms in total. The van der Waals surface area contributed by atoms with Gasteiger partial charge in [-0.2, -0.15) is 0 Å². The third kappa shape index (κ3) is 3.54. The van der Waals surface area contributed by atoms with Gasteiger partial charge in [-0.15, -0.1) is 0 Å². The molecule has 0 N–H and O–H groups in total. The fraction of sp³-hybridized carbons (Fsp3) is 0.429. The van der Waals surface area contributed by atoms with Crippen molar-refractivity contribution in [2.24, 2.45) is 0 Å². The van der Waals surface area contributed by atoms with Crippen molar-refractivity contribution in [1.82, 2.24) is 9.88 Å². The summed E-state index contributed by atoms with van der Waals surface area (Å²) in [6.07, 6.45) is 5.10. The Hall–Kier alpha value is -2.11. The molecule has 3 unspecified atom stereocenters. The maximum Gasteiger partial charge on any atom is 0.254 e. The van der Waals surface area contributed by atoms with Crippen LogP contribution >= 0.6 is 11.6 Å². The summed E-state index contributed by atoms with van der Waals surface area (Å²) in [5.41, 5.74) is 0.366. The normalized spacial score (nSPS) is 27.3. The Morgan fingerprint density at radius 3 is 2.74 bits per heavy atom. The van der Waals surface area contributed by atoms with Gasteiger partial charge in [-0.25, -0.2) is 4.98 Å². The minimum atomic E-state index is -0.286. The molecular weight excluding hydrogens is 364 g/mol. The Labute approximate surface area is 164 Å². The van der Waals surface area contributed by atoms with Gasteiger partial charge in [0.2, 0.25) is 5.88 Å². The smallest absolute Gasteiger partial charge is 0.254 e. The Morgan fingerprint density at radius 1 is 1.22 bits per heavy atom. The zero-order chi connectivity index (χ0) is 18.9. The number of fused-ring (bicyclic) bond motifs is 1. The van der Waals surface area contributed by atoms with E-state index in [0.717, 1.165) is 25.7 Å². The molecule has 4 rings (SSSR count). The second-order valence-electron chi connectivity index (χ2n) is 7.22. The highest BCUT2D eigenvalue weighted by Crippen LogP contribution is 2.43. The lowest BCUT2D eigenvalue weighted by molar-refractivity contribution is -0.0788. The Balaban J connectivity index is 1.54. The standard InChI is InChI=1S/C21H23ClN2O3/c1-26-21-10-9-17(27-19-4-2-3-12-23-19)14-18(21)24(13-11-21)20(25)15-5-7-16(22)8-6-15/h2-8,12,17-18H,9-11,13-14H2,1H3. The van der Waals surface area contributed by atoms with Crippen LogP contribution in [0.25, 0.3) is 0 Å². The maximum atomic E-state index is 13.1. The van der Waals surface area contributed by atoms with Crippen LogP contribution in [0.1, 0.15) is 36.0 Å². The summed E-state index contributed by atoms with van der Waals surface area (Å²) < 4.78 is 12.0. The lowest BCUT2D eigenvalue weighted by Gasteiger charge is -2.43. The van der Waals surface area contributed by atoms with Crippen LogP contribution in [0.15, 0.2) is 48.7 Å². The number of benzene rings is 1. The molecule has 3 atom stereocenters. The molecule has 27 heavy (non-hydrogen) atoms. The van der Waals surface area contributed by atoms with E-state index in [4.69, 9.17) is 21.1 Å². The summed E-state index contributed by atoms with van der Waals surface area (Å²) in [5.74, 6) is 0.648. The number of rotatable bonds is 4. The number of methoxy groups -OCH3 is 1. The Morgan fingerprint density at radius 2 is 2.04 bits per heavy atom. The molecule has 1 aliphatic heterocycles. The van der Waals surface area contributed by atoms with Crippen LogP contribution in [0.5, 0.6) is 5.88 Å². The lowest BCUT2D eigenvalue weighted by atomic mass is 9.79. The van der Waals surface area contributed by atoms with Crippen LogP contribution in [0.4, 0.5) is 0 Å². The van der Waals surface area contributed by atoms with E-state index in [1.54, 1.807) is 37.6 Å². The summed E-state index contributed by atoms with van der Waals surface area (Å²) in [5, 5.41) is 0.626. The van der Waals surface area contributed by atoms with Crippen molar-refractivity contribution < 1.29 is 14.3 Å². The second-order valence-corrected chi connectivity index (χ2v) is 7.66. The van der Waals surface area contributed by atoms with E-state index in [9.17, 15) is 4.79 Å². The number of hydrogen-bond donors (Lipinski definition) is 0. The topological polar surface area (TPSA) is 51.7 Å². The van der Waals surface area contributed by atoms with Gasteiger partial charge in [0.1, 0.15) is 6.10 Å². The molecule has 2 aromatic rings. The molecule has 2 fully saturated rings. The van der Waals surface area contributed by atoms with Crippen LogP contribution in [0.3, 0.4) is 0 Å². The summed E-state index contributed by atoms with van der Waals surface area (Å²) in [7, 11) is 1.75. The molecule has 2 aliphatic rings. The molecule has 1 amide bonds. The first-order valence-corrected chi connectivity index (χ1v) is 9.68. The van der Waals surface area contributed by atoms with Gasteiger partial charge in [0.05, 0.1) is 11.6 Å². The molecule has 1 saturated carbocycles. The van der Waals surface area contributed by atoms with Crippen LogP contribution < -0.4 is 4.74 Å². The monoisotopic (exact) mass is 386 g/mol. The molecular formula is C21H23ClN2O3. The van der Waals surface area contributed by atoms with Crippen molar-refractivity contribution in [1.29, 1.82) is 0 Å². The first-order valence-electron chi connectivity index (χ1n) is 9.31. The number of nitrogens with zero attached hydrogens (tertiary/aromatic N) is 2. The van der Waals surface area contributed by atoms with Gasteiger partial charge in [-0.3, -0.25) is 4.79 Å². The fourth-order valence-corrected chi connectivity index (χ4v) is 4.48. The molecule has 1 aromatic carbocycles. The number of aromatic nitrogens is 1. The number of amides is 1. The van der Waals surface area contributed by atoms with Gasteiger partial charge in [0.15, 0.2) is 0 Å². The van der Waals surface area contributed by atoms with Crippen LogP contribution in [-0.2, 0) is 4.74 Å². The molecule has 0 spiro atoms. The van der Waals surface area contributed by atoms with Crippen LogP contribution in [0.2, 0.25) is 5.02 Å². The van der Waals surface area contributed by atoms with Crippen molar-refractivity contribution in [2.45, 2.75) is 43.4 Å². The van der Waals surface area contributed by atoms with E-state index in [0.29, 0.717) is 23.0 Å². The number of carbonyl (C=O) groups excluding carboxylic acids is 1. The van der Waals surface area contributed by atoms with Crippen molar-refractivity contribution >= 4 is 17.5 Å². The van der Waals surface area contributed by atoms with Crippen LogP contribution in [-0.4, -0.2) is 47.2 Å². The SMILES string of the molecule is COC12CCC(Oc3ccccn3)CC1N(C(=O)c1ccc(Cl)cc1)CC2. The summed E-state index contributed by atoms with van der Waals surface area (Å²) in [4.78, 5) is 19.3. The van der Waals surface area contributed by atoms with Gasteiger partial charge < -0.3 is 14.4 Å². The van der Waals surface area contributed by atoms with Crippen molar-refractivity contribution in [3.05, 3.63) is 59.2 Å². The van der Waals surface area contributed by atoms with Crippen LogP contribution in [0, 0.1) is 0 Å². The van der Waals surface area contributed by atoms with Crippen molar-refractivity contribution in [3.63, 3.8) is 0 Å². The highest BCUT2D eigenvalue weighted by Gasteiger charge is 2.53. The third-order valence-electron chi connectivity index (χ3n) is 5.82. The predicted octanol–water partition coefficient (Wildman–Crippen LogP) is 3.97. The first kappa shape index (κ1) is 18.3. The van der Waals surface area contributed by atoms with Gasteiger partial charge in [-0.1, -0.05) is 17.7 Å². The minimum Gasteiger partial charge on any atom is -0.474 e. The summed E-state index contributed by atoms with van der Waals surface area (Å²) in [6.45, 7) is 0.691. The number of likely N-dealkylation sites (tertiary alicyclic amines) is 1. The zero-order valence-electron chi connectivity index (χ0n) is 15.3. The van der Waals surface area contributed by atoms with Gasteiger partial charge in [-0.05, 0) is 49.6 Å². The lowest BCUT2D eigenvalue weighted by Crippen LogP contribution is -2.53. The molecule has 2 heterocycles. The molecule has 142 valence electrons. The number of carbonyl (C=O) groups is 1. The first-order chi connectivity index (χ1) is 13.1. The average molecular weight is 387 g/mol. The second kappa shape index (κ2) is 7.49. The van der Waals surface area contributed by atoms with E-state index < -0.39 is 0 Å². The fourth-order valence-electron chi connectivity index (χ4n) is 4.36. The van der Waals surface area contributed by atoms with Gasteiger partial charge in [0, 0.05) is 42.9 Å². The zero-order valence-corrected chi connectivity index (χ0v) is 16.1. The maximum absolute atomic E-state index is 13.1. The van der Waals surface area contributed by atoms with Crippen molar-refractivity contribution in [3.8, 4) is 5.88 Å². The van der Waals surface area contributed by atoms with E-state index >= 15 is 0 Å². The summed E-state index contributed by atoms with van der Waals surface area (Å²) >= 11 is 5.96. The number of pyridine rings is 1. The van der Waals surface area contributed by atoms with Gasteiger partial charge in [0.25, 0.3) is 5.91 Å². The highest BCUT2D eigenvalue weighted by molar-refractivity contribution is 6.30. The minimum absolute atomic E-state index is 0.00635. The molecule has 1 aromatic heterocycles. The average Bonchev–Trinajstić information content (AvgIpc) is 3.08.